The standard InChI is InChI=1S/C55H72ClN11O10S2/c1-55(2,3)46-54(77)66-44(52(75)61-37(28-58)24-31-11-19-38(68)20-12-31)29-78-79-30-45(65-48(71)40(59)25-32-9-17-36(56)18-10-32)53(76)64-43(27-34-13-21-39(69)22-14-34)51(74)63-42(26-33-7-15-35(16-8-33)47(60)70)50(73)62-41(49(72)67-46)6-4-5-23-57/h7-22,37,40-46,68-69H,4-6,23-30,57-59H2,1-3H3,(H2,60,70)(H,61,75)(H,62,73)(H,63,74)(H,64,76)(H,65,71)(H,66,77)(H,67,72)/t37?,40-,41-,42+,43-,44-,45+,46?/m0/s1. The van der Waals surface area contributed by atoms with E-state index in [-0.39, 0.29) is 73.8 Å². The molecule has 21 nitrogen and oxygen atoms in total. The molecule has 0 aliphatic carbocycles. The second-order valence-electron chi connectivity index (χ2n) is 20.4. The van der Waals surface area contributed by atoms with Gasteiger partial charge in [-0.1, -0.05) is 102 Å². The smallest absolute Gasteiger partial charge is 0.248 e. The van der Waals surface area contributed by atoms with E-state index in [0.29, 0.717) is 34.6 Å². The number of halogens is 1. The number of carbonyl (C=O) groups is 8. The molecule has 4 aromatic carbocycles. The van der Waals surface area contributed by atoms with Gasteiger partial charge in [0, 0.05) is 47.5 Å². The van der Waals surface area contributed by atoms with Crippen LogP contribution in [-0.4, -0.2) is 130 Å². The Hall–Kier alpha value is -6.89. The molecule has 0 saturated carbocycles. The maximum atomic E-state index is 14.8. The third-order valence-corrected chi connectivity index (χ3v) is 15.6. The van der Waals surface area contributed by atoms with Crippen LogP contribution >= 0.6 is 33.2 Å². The van der Waals surface area contributed by atoms with Crippen LogP contribution in [0.15, 0.2) is 97.1 Å². The minimum absolute atomic E-state index is 0.00203. The molecule has 426 valence electrons. The minimum atomic E-state index is -1.44. The lowest BCUT2D eigenvalue weighted by atomic mass is 9.85. The summed E-state index contributed by atoms with van der Waals surface area (Å²) >= 11 is 6.09. The molecule has 0 spiro atoms. The molecule has 1 fully saturated rings. The van der Waals surface area contributed by atoms with Crippen molar-refractivity contribution in [1.29, 1.82) is 0 Å². The molecule has 1 heterocycles. The van der Waals surface area contributed by atoms with E-state index in [0.717, 1.165) is 27.2 Å². The predicted molar refractivity (Wildman–Crippen MR) is 305 cm³/mol. The second kappa shape index (κ2) is 30.5. The number of aromatic hydroxyl groups is 2. The molecule has 24 heteroatoms. The Balaban J connectivity index is 1.58. The molecule has 1 saturated heterocycles. The number of rotatable bonds is 18. The van der Waals surface area contributed by atoms with Crippen molar-refractivity contribution in [2.45, 2.75) is 114 Å². The maximum Gasteiger partial charge on any atom is 0.248 e. The van der Waals surface area contributed by atoms with Crippen molar-refractivity contribution in [1.82, 2.24) is 37.2 Å². The summed E-state index contributed by atoms with van der Waals surface area (Å²) in [7, 11) is 2.16. The average Bonchev–Trinajstić information content (AvgIpc) is 3.41. The molecule has 2 unspecified atom stereocenters. The molecule has 4 aromatic rings. The maximum absolute atomic E-state index is 14.8. The fourth-order valence-electron chi connectivity index (χ4n) is 8.33. The number of carbonyl (C=O) groups excluding carboxylic acids is 8. The Labute approximate surface area is 472 Å². The van der Waals surface area contributed by atoms with Crippen molar-refractivity contribution in [3.63, 3.8) is 0 Å². The van der Waals surface area contributed by atoms with Crippen molar-refractivity contribution in [3.8, 4) is 11.5 Å². The lowest BCUT2D eigenvalue weighted by Gasteiger charge is -2.33. The third kappa shape index (κ3) is 20.4. The van der Waals surface area contributed by atoms with Crippen LogP contribution in [0.3, 0.4) is 0 Å². The second-order valence-corrected chi connectivity index (χ2v) is 23.3. The summed E-state index contributed by atoms with van der Waals surface area (Å²) in [4.78, 5) is 114. The number of nitrogens with two attached hydrogens (primary N) is 4. The van der Waals surface area contributed by atoms with E-state index in [9.17, 15) is 48.6 Å². The highest BCUT2D eigenvalue weighted by Gasteiger charge is 2.39. The molecule has 8 amide bonds. The summed E-state index contributed by atoms with van der Waals surface area (Å²) < 4.78 is 0. The molecule has 17 N–H and O–H groups in total. The van der Waals surface area contributed by atoms with Gasteiger partial charge in [-0.15, -0.1) is 0 Å². The molecule has 0 radical (unpaired) electrons. The number of hydrogen-bond acceptors (Lipinski definition) is 15. The summed E-state index contributed by atoms with van der Waals surface area (Å²) in [6, 6.07) is 15.0. The van der Waals surface area contributed by atoms with Gasteiger partial charge in [0.15, 0.2) is 0 Å². The Kier molecular flexibility index (Phi) is 24.3. The highest BCUT2D eigenvalue weighted by atomic mass is 35.5. The summed E-state index contributed by atoms with van der Waals surface area (Å²) in [6.45, 7) is 5.40. The van der Waals surface area contributed by atoms with Gasteiger partial charge < -0.3 is 70.4 Å². The van der Waals surface area contributed by atoms with Crippen LogP contribution in [0.4, 0.5) is 0 Å². The summed E-state index contributed by atoms with van der Waals surface area (Å²) in [6.07, 6.45) is 0.849. The fraction of sp³-hybridized carbons (Fsp3) is 0.418. The number of phenols is 2. The Bertz CT molecular complexity index is 2720. The Morgan fingerprint density at radius 1 is 0.646 bits per heavy atom. The highest BCUT2D eigenvalue weighted by molar-refractivity contribution is 8.76. The van der Waals surface area contributed by atoms with Crippen LogP contribution in [0.1, 0.15) is 72.6 Å². The molecule has 8 atom stereocenters. The molecule has 1 aliphatic heterocycles. The fourth-order valence-corrected chi connectivity index (χ4v) is 10.8. The highest BCUT2D eigenvalue weighted by Crippen LogP contribution is 2.26. The van der Waals surface area contributed by atoms with E-state index in [4.69, 9.17) is 34.5 Å². The van der Waals surface area contributed by atoms with Crippen molar-refractivity contribution in [2.24, 2.45) is 28.3 Å². The molecular formula is C55H72ClN11O10S2. The van der Waals surface area contributed by atoms with Gasteiger partial charge in [0.1, 0.15) is 47.8 Å². The molecule has 5 rings (SSSR count). The molecule has 79 heavy (non-hydrogen) atoms. The van der Waals surface area contributed by atoms with Crippen LogP contribution < -0.4 is 60.2 Å². The lowest BCUT2D eigenvalue weighted by molar-refractivity contribution is -0.136. The van der Waals surface area contributed by atoms with Crippen LogP contribution in [0.25, 0.3) is 0 Å². The van der Waals surface area contributed by atoms with Gasteiger partial charge >= 0.3 is 0 Å². The van der Waals surface area contributed by atoms with Crippen LogP contribution in [0.2, 0.25) is 5.02 Å². The lowest BCUT2D eigenvalue weighted by Crippen LogP contribution is -2.62. The largest absolute Gasteiger partial charge is 0.508 e. The van der Waals surface area contributed by atoms with E-state index in [1.54, 1.807) is 81.4 Å². The van der Waals surface area contributed by atoms with Gasteiger partial charge in [0.05, 0.1) is 6.04 Å². The number of amides is 8. The number of unbranched alkanes of at least 4 members (excludes halogenated alkanes) is 1. The number of primary amides is 1. The number of nitrogens with one attached hydrogen (secondary N) is 7. The molecule has 0 bridgehead atoms. The SMILES string of the molecule is CC(C)(C)C1NC(=O)[C@H](CCCCN)NC(=O)[C@@H](Cc2ccc(C(N)=O)cc2)NC(=O)[C@H](Cc2ccc(O)cc2)NC(=O)[C@H](NC(=O)[C@@H](N)Cc2ccc(Cl)cc2)CSSC[C@@H](C(=O)NC(CN)Cc2ccc(O)cc2)NC1=O. The first-order chi connectivity index (χ1) is 37.5. The van der Waals surface area contributed by atoms with E-state index in [1.807, 2.05) is 0 Å². The third-order valence-electron chi connectivity index (χ3n) is 12.9. The quantitative estimate of drug-likeness (QED) is 0.0494. The summed E-state index contributed by atoms with van der Waals surface area (Å²) in [5, 5.41) is 40.1. The number of benzene rings is 4. The van der Waals surface area contributed by atoms with E-state index < -0.39 is 101 Å². The first kappa shape index (κ1) is 62.9. The van der Waals surface area contributed by atoms with Crippen molar-refractivity contribution in [2.75, 3.05) is 24.6 Å². The average molecular weight is 1150 g/mol. The molecular weight excluding hydrogens is 1070 g/mol. The van der Waals surface area contributed by atoms with E-state index in [1.165, 1.54) is 36.4 Å². The molecule has 1 aliphatic rings. The first-order valence-corrected chi connectivity index (χ1v) is 28.6. The zero-order valence-electron chi connectivity index (χ0n) is 44.3. The van der Waals surface area contributed by atoms with E-state index >= 15 is 0 Å². The molecule has 0 aromatic heterocycles. The Morgan fingerprint density at radius 3 is 1.68 bits per heavy atom. The zero-order valence-corrected chi connectivity index (χ0v) is 46.7. The predicted octanol–water partition coefficient (Wildman–Crippen LogP) is 1.37. The first-order valence-electron chi connectivity index (χ1n) is 25.7. The van der Waals surface area contributed by atoms with Gasteiger partial charge in [-0.2, -0.15) is 0 Å². The van der Waals surface area contributed by atoms with Crippen LogP contribution in [0.5, 0.6) is 11.5 Å². The van der Waals surface area contributed by atoms with Crippen LogP contribution in [-0.2, 0) is 59.2 Å². The zero-order chi connectivity index (χ0) is 57.8. The topological polar surface area (TPSA) is 365 Å². The van der Waals surface area contributed by atoms with Gasteiger partial charge in [-0.3, -0.25) is 38.4 Å². The Morgan fingerprint density at radius 2 is 1.14 bits per heavy atom. The minimum Gasteiger partial charge on any atom is -0.508 e. The van der Waals surface area contributed by atoms with E-state index in [2.05, 4.69) is 37.2 Å². The van der Waals surface area contributed by atoms with Gasteiger partial charge in [-0.25, -0.2) is 0 Å². The normalized spacial score (nSPS) is 20.9. The number of phenolic OH excluding ortho intramolecular Hbond substituents is 2. The van der Waals surface area contributed by atoms with Crippen LogP contribution in [0, 0.1) is 5.41 Å². The van der Waals surface area contributed by atoms with Crippen molar-refractivity contribution in [3.05, 3.63) is 130 Å². The number of hydrogen-bond donors (Lipinski definition) is 13. The van der Waals surface area contributed by atoms with Crippen molar-refractivity contribution < 1.29 is 48.6 Å². The van der Waals surface area contributed by atoms with Crippen molar-refractivity contribution >= 4 is 80.4 Å². The van der Waals surface area contributed by atoms with Gasteiger partial charge in [0.2, 0.25) is 47.3 Å². The summed E-state index contributed by atoms with van der Waals surface area (Å²) in [5.41, 5.74) is 25.5. The van der Waals surface area contributed by atoms with Gasteiger partial charge in [-0.05, 0) is 115 Å². The van der Waals surface area contributed by atoms with Gasteiger partial charge in [0.25, 0.3) is 0 Å². The monoisotopic (exact) mass is 1150 g/mol. The summed E-state index contributed by atoms with van der Waals surface area (Å²) in [5.74, 6) is -6.31.